The van der Waals surface area contributed by atoms with Crippen LogP contribution in [0.25, 0.3) is 0 Å². The van der Waals surface area contributed by atoms with Crippen LogP contribution in [-0.2, 0) is 14.8 Å². The van der Waals surface area contributed by atoms with Crippen molar-refractivity contribution in [1.29, 1.82) is 0 Å². The van der Waals surface area contributed by atoms with Crippen molar-refractivity contribution in [3.63, 3.8) is 0 Å². The highest BCUT2D eigenvalue weighted by Gasteiger charge is 2.22. The summed E-state index contributed by atoms with van der Waals surface area (Å²) in [6.45, 7) is 2.59. The van der Waals surface area contributed by atoms with Crippen LogP contribution in [0.4, 0.5) is 5.69 Å². The lowest BCUT2D eigenvalue weighted by atomic mass is 10.1. The largest absolute Gasteiger partial charge is 0.379 e. The molecule has 1 atom stereocenters. The number of para-hydroxylation sites is 1. The average Bonchev–Trinajstić information content (AvgIpc) is 2.42. The molecule has 1 aliphatic rings. The lowest BCUT2D eigenvalue weighted by Crippen LogP contribution is -2.42. The normalized spacial score (nSPS) is 19.4. The maximum absolute atomic E-state index is 12.1. The molecule has 1 aliphatic heterocycles. The predicted molar refractivity (Wildman–Crippen MR) is 77.0 cm³/mol. The zero-order chi connectivity index (χ0) is 14.6. The molecular weight excluding hydrogens is 278 g/mol. The van der Waals surface area contributed by atoms with Gasteiger partial charge in [-0.1, -0.05) is 19.1 Å². The zero-order valence-corrected chi connectivity index (χ0v) is 12.2. The van der Waals surface area contributed by atoms with Crippen LogP contribution in [0.3, 0.4) is 0 Å². The number of anilines is 1. The molecule has 20 heavy (non-hydrogen) atoms. The number of carbonyl (C=O) groups is 1. The molecule has 0 aromatic heterocycles. The van der Waals surface area contributed by atoms with E-state index in [4.69, 9.17) is 0 Å². The van der Waals surface area contributed by atoms with E-state index >= 15 is 0 Å². The zero-order valence-electron chi connectivity index (χ0n) is 11.3. The van der Waals surface area contributed by atoms with Crippen molar-refractivity contribution in [1.82, 2.24) is 10.0 Å². The Bertz CT molecular complexity index is 576. The van der Waals surface area contributed by atoms with E-state index in [0.717, 1.165) is 0 Å². The molecule has 7 heteroatoms. The molecule has 3 N–H and O–H groups in total. The predicted octanol–water partition coefficient (Wildman–Crippen LogP) is 0.675. The minimum Gasteiger partial charge on any atom is -0.379 e. The molecule has 1 aromatic carbocycles. The maximum Gasteiger partial charge on any atom is 0.242 e. The second kappa shape index (κ2) is 6.23. The molecule has 110 valence electrons. The first kappa shape index (κ1) is 14.8. The van der Waals surface area contributed by atoms with Crippen molar-refractivity contribution < 1.29 is 13.2 Å². The lowest BCUT2D eigenvalue weighted by molar-refractivity contribution is -0.122. The Morgan fingerprint density at radius 3 is 2.75 bits per heavy atom. The van der Waals surface area contributed by atoms with Crippen LogP contribution in [0.1, 0.15) is 19.8 Å². The van der Waals surface area contributed by atoms with Gasteiger partial charge in [-0.2, -0.15) is 0 Å². The molecule has 6 nitrogen and oxygen atoms in total. The summed E-state index contributed by atoms with van der Waals surface area (Å²) < 4.78 is 26.7. The fourth-order valence-corrected chi connectivity index (χ4v) is 3.37. The fourth-order valence-electron chi connectivity index (χ4n) is 2.16. The van der Waals surface area contributed by atoms with E-state index in [9.17, 15) is 13.2 Å². The van der Waals surface area contributed by atoms with Crippen molar-refractivity contribution in [2.24, 2.45) is 0 Å². The van der Waals surface area contributed by atoms with Gasteiger partial charge in [-0.05, 0) is 18.6 Å². The summed E-state index contributed by atoms with van der Waals surface area (Å²) in [5.41, 5.74) is 0.564. The van der Waals surface area contributed by atoms with Crippen LogP contribution in [0, 0.1) is 0 Å². The summed E-state index contributed by atoms with van der Waals surface area (Å²) in [6.07, 6.45) is 1.15. The molecule has 0 saturated carbocycles. The molecular formula is C13H19N3O3S. The van der Waals surface area contributed by atoms with Gasteiger partial charge in [0.2, 0.25) is 15.9 Å². The highest BCUT2D eigenvalue weighted by atomic mass is 32.2. The first-order chi connectivity index (χ1) is 9.53. The number of rotatable bonds is 5. The first-order valence-corrected chi connectivity index (χ1v) is 8.13. The van der Waals surface area contributed by atoms with Crippen LogP contribution < -0.4 is 15.4 Å². The lowest BCUT2D eigenvalue weighted by Gasteiger charge is -2.25. The third kappa shape index (κ3) is 3.49. The number of hydrogen-bond acceptors (Lipinski definition) is 4. The molecule has 0 radical (unpaired) electrons. The molecule has 1 unspecified atom stereocenters. The second-order valence-electron chi connectivity index (χ2n) is 4.68. The highest BCUT2D eigenvalue weighted by Crippen LogP contribution is 2.22. The van der Waals surface area contributed by atoms with Gasteiger partial charge < -0.3 is 10.6 Å². The summed E-state index contributed by atoms with van der Waals surface area (Å²) in [4.78, 5) is 11.4. The Hall–Kier alpha value is -1.60. The molecule has 0 aliphatic carbocycles. The third-order valence-corrected chi connectivity index (χ3v) is 4.74. The van der Waals surface area contributed by atoms with Gasteiger partial charge in [0.15, 0.2) is 0 Å². The van der Waals surface area contributed by atoms with Crippen molar-refractivity contribution in [3.8, 4) is 0 Å². The Morgan fingerprint density at radius 1 is 1.35 bits per heavy atom. The highest BCUT2D eigenvalue weighted by molar-refractivity contribution is 7.89. The molecule has 2 rings (SSSR count). The summed E-state index contributed by atoms with van der Waals surface area (Å²) >= 11 is 0. The standard InChI is InChI=1S/C13H19N3O3S/c1-2-15-20(18,19)12-6-4-3-5-11(12)16-10-7-8-13(17)14-9-10/h3-6,10,15-16H,2,7-9H2,1H3,(H,14,17). The number of sulfonamides is 1. The van der Waals surface area contributed by atoms with Crippen molar-refractivity contribution >= 4 is 21.6 Å². The molecule has 1 aromatic rings. The van der Waals surface area contributed by atoms with Gasteiger partial charge in [0, 0.05) is 25.6 Å². The van der Waals surface area contributed by atoms with Gasteiger partial charge in [0.05, 0.1) is 5.69 Å². The van der Waals surface area contributed by atoms with Crippen molar-refractivity contribution in [2.45, 2.75) is 30.7 Å². The van der Waals surface area contributed by atoms with E-state index in [2.05, 4.69) is 15.4 Å². The third-order valence-electron chi connectivity index (χ3n) is 3.14. The minimum atomic E-state index is -3.50. The van der Waals surface area contributed by atoms with E-state index in [1.54, 1.807) is 31.2 Å². The monoisotopic (exact) mass is 297 g/mol. The van der Waals surface area contributed by atoms with E-state index in [1.807, 2.05) is 0 Å². The number of piperidine rings is 1. The quantitative estimate of drug-likeness (QED) is 0.745. The van der Waals surface area contributed by atoms with Crippen LogP contribution in [0.15, 0.2) is 29.2 Å². The van der Waals surface area contributed by atoms with Gasteiger partial charge in [0.25, 0.3) is 0 Å². The van der Waals surface area contributed by atoms with Crippen LogP contribution in [0.2, 0.25) is 0 Å². The summed E-state index contributed by atoms with van der Waals surface area (Å²) in [5, 5.41) is 5.97. The molecule has 0 spiro atoms. The summed E-state index contributed by atoms with van der Waals surface area (Å²) in [6, 6.07) is 6.83. The van der Waals surface area contributed by atoms with Gasteiger partial charge in [0.1, 0.15) is 4.90 Å². The molecule has 1 heterocycles. The average molecular weight is 297 g/mol. The molecule has 1 amide bonds. The Labute approximate surface area is 119 Å². The topological polar surface area (TPSA) is 87.3 Å². The van der Waals surface area contributed by atoms with Crippen LogP contribution >= 0.6 is 0 Å². The van der Waals surface area contributed by atoms with E-state index in [0.29, 0.717) is 31.6 Å². The van der Waals surface area contributed by atoms with Crippen molar-refractivity contribution in [3.05, 3.63) is 24.3 Å². The Morgan fingerprint density at radius 2 is 2.10 bits per heavy atom. The van der Waals surface area contributed by atoms with Gasteiger partial charge >= 0.3 is 0 Å². The minimum absolute atomic E-state index is 0.0385. The molecule has 1 saturated heterocycles. The smallest absolute Gasteiger partial charge is 0.242 e. The Balaban J connectivity index is 2.18. The Kier molecular flexibility index (Phi) is 4.61. The van der Waals surface area contributed by atoms with Crippen LogP contribution in [0.5, 0.6) is 0 Å². The van der Waals surface area contributed by atoms with E-state index in [-0.39, 0.29) is 16.8 Å². The summed E-state index contributed by atoms with van der Waals surface area (Å²) in [7, 11) is -3.50. The molecule has 1 fully saturated rings. The maximum atomic E-state index is 12.1. The van der Waals surface area contributed by atoms with Gasteiger partial charge in [-0.15, -0.1) is 0 Å². The number of hydrogen-bond donors (Lipinski definition) is 3. The number of nitrogens with one attached hydrogen (secondary N) is 3. The van der Waals surface area contributed by atoms with E-state index in [1.165, 1.54) is 0 Å². The van der Waals surface area contributed by atoms with Crippen molar-refractivity contribution in [2.75, 3.05) is 18.4 Å². The first-order valence-electron chi connectivity index (χ1n) is 6.65. The van der Waals surface area contributed by atoms with E-state index < -0.39 is 10.0 Å². The number of carbonyl (C=O) groups excluding carboxylic acids is 1. The second-order valence-corrected chi connectivity index (χ2v) is 6.42. The fraction of sp³-hybridized carbons (Fsp3) is 0.462. The SMILES string of the molecule is CCNS(=O)(=O)c1ccccc1NC1CCC(=O)NC1. The van der Waals surface area contributed by atoms with Gasteiger partial charge in [-0.3, -0.25) is 4.79 Å². The van der Waals surface area contributed by atoms with Gasteiger partial charge in [-0.25, -0.2) is 13.1 Å². The molecule has 0 bridgehead atoms. The number of benzene rings is 1. The summed E-state index contributed by atoms with van der Waals surface area (Å²) in [5.74, 6) is 0.0385. The number of amides is 1. The van der Waals surface area contributed by atoms with Crippen LogP contribution in [-0.4, -0.2) is 33.5 Å².